The average molecular weight is 200 g/mol. The van der Waals surface area contributed by atoms with E-state index in [1.807, 2.05) is 19.1 Å². The zero-order chi connectivity index (χ0) is 7.56. The van der Waals surface area contributed by atoms with Crippen LogP contribution in [0.2, 0.25) is 0 Å². The van der Waals surface area contributed by atoms with Gasteiger partial charge in [0.25, 0.3) is 0 Å². The second-order valence-electron chi connectivity index (χ2n) is 2.12. The molecule has 1 unspecified atom stereocenters. The fourth-order valence-electron chi connectivity index (χ4n) is 0.813. The van der Waals surface area contributed by atoms with Gasteiger partial charge < -0.3 is 0 Å². The molecule has 0 amide bonds. The Bertz CT molecular complexity index is 258. The summed E-state index contributed by atoms with van der Waals surface area (Å²) in [6.45, 7) is 1.84. The summed E-state index contributed by atoms with van der Waals surface area (Å²) in [4.78, 5) is 0. The molecule has 0 aliphatic rings. The molecule has 0 heterocycles. The minimum atomic E-state index is -3.06. The van der Waals surface area contributed by atoms with Gasteiger partial charge in [-0.2, -0.15) is 0 Å². The van der Waals surface area contributed by atoms with E-state index in [9.17, 15) is 3.74 Å². The first-order valence-corrected chi connectivity index (χ1v) is 5.85. The first kappa shape index (κ1) is 7.64. The average Bonchev–Trinajstić information content (AvgIpc) is 1.88. The summed E-state index contributed by atoms with van der Waals surface area (Å²) in [6.07, 6.45) is 0. The molecule has 3 heteroatoms. The number of hydrogen-bond acceptors (Lipinski definition) is 1. The molecule has 0 aliphatic carbocycles. The maximum absolute atomic E-state index is 10.7. The fourth-order valence-corrected chi connectivity index (χ4v) is 2.20. The molecule has 1 aromatic rings. The second kappa shape index (κ2) is 3.09. The van der Waals surface area contributed by atoms with Crippen molar-refractivity contribution in [3.05, 3.63) is 29.8 Å². The van der Waals surface area contributed by atoms with Crippen LogP contribution in [0.4, 0.5) is 0 Å². The van der Waals surface area contributed by atoms with E-state index in [0.717, 1.165) is 5.56 Å². The molecule has 0 aliphatic heterocycles. The van der Waals surface area contributed by atoms with Crippen LogP contribution < -0.4 is 4.35 Å². The fraction of sp³-hybridized carbons (Fsp3) is 0.143. The second-order valence-corrected chi connectivity index (χ2v) is 4.53. The van der Waals surface area contributed by atoms with E-state index in [1.165, 1.54) is 0 Å². The van der Waals surface area contributed by atoms with Crippen LogP contribution in [0.1, 0.15) is 5.56 Å². The Morgan fingerprint density at radius 2 is 2.00 bits per heavy atom. The van der Waals surface area contributed by atoms with Crippen LogP contribution in [0.25, 0.3) is 0 Å². The van der Waals surface area contributed by atoms with Crippen LogP contribution in [-0.2, 0) is 3.74 Å². The Morgan fingerprint density at radius 3 is 2.40 bits per heavy atom. The normalized spacial score (nSPS) is 13.0. The third-order valence-corrected chi connectivity index (χ3v) is 3.52. The van der Waals surface area contributed by atoms with Gasteiger partial charge in [0.15, 0.2) is 0 Å². The van der Waals surface area contributed by atoms with Crippen LogP contribution in [0, 0.1) is 6.92 Å². The van der Waals surface area contributed by atoms with Crippen molar-refractivity contribution in [3.8, 4) is 0 Å². The molecule has 1 aromatic carbocycles. The summed E-state index contributed by atoms with van der Waals surface area (Å²) in [5, 5.41) is 0. The molecule has 0 aromatic heterocycles. The summed E-state index contributed by atoms with van der Waals surface area (Å²) < 4.78 is 20.1. The zero-order valence-electron chi connectivity index (χ0n) is 5.66. The molecule has 10 heavy (non-hydrogen) atoms. The van der Waals surface area contributed by atoms with Gasteiger partial charge in [-0.05, 0) is 0 Å². The third kappa shape index (κ3) is 1.52. The van der Waals surface area contributed by atoms with Crippen LogP contribution in [0.15, 0.2) is 24.3 Å². The molecule has 0 spiro atoms. The van der Waals surface area contributed by atoms with Gasteiger partial charge in [-0.25, -0.2) is 0 Å². The SMILES string of the molecule is Cc1ccccc1[AsH](=O)O. The van der Waals surface area contributed by atoms with Gasteiger partial charge in [-0.1, -0.05) is 0 Å². The molecule has 1 atom stereocenters. The van der Waals surface area contributed by atoms with E-state index in [0.29, 0.717) is 4.35 Å². The quantitative estimate of drug-likeness (QED) is 0.640. The summed E-state index contributed by atoms with van der Waals surface area (Å²) in [6, 6.07) is 7.19. The number of hydrogen-bond donors (Lipinski definition) is 1. The van der Waals surface area contributed by atoms with Gasteiger partial charge in [0.05, 0.1) is 0 Å². The van der Waals surface area contributed by atoms with Crippen molar-refractivity contribution < 1.29 is 7.84 Å². The van der Waals surface area contributed by atoms with Gasteiger partial charge in [0.2, 0.25) is 0 Å². The summed E-state index contributed by atoms with van der Waals surface area (Å²) in [5.41, 5.74) is 0.912. The molecule has 1 N–H and O–H groups in total. The minimum absolute atomic E-state index is 0.627. The first-order valence-electron chi connectivity index (χ1n) is 3.01. The Hall–Kier alpha value is -0.462. The van der Waals surface area contributed by atoms with Gasteiger partial charge in [0.1, 0.15) is 0 Å². The van der Waals surface area contributed by atoms with Crippen LogP contribution in [0.3, 0.4) is 0 Å². The third-order valence-electron chi connectivity index (χ3n) is 1.38. The molecule has 0 radical (unpaired) electrons. The monoisotopic (exact) mass is 200 g/mol. The number of aryl methyl sites for hydroxylation is 1. The summed E-state index contributed by atoms with van der Waals surface area (Å²) in [5.74, 6) is 0. The Kier molecular flexibility index (Phi) is 2.36. The van der Waals surface area contributed by atoms with Crippen molar-refractivity contribution in [2.24, 2.45) is 0 Å². The predicted molar refractivity (Wildman–Crippen MR) is 40.9 cm³/mol. The van der Waals surface area contributed by atoms with E-state index in [2.05, 4.69) is 0 Å². The van der Waals surface area contributed by atoms with Crippen LogP contribution in [0.5, 0.6) is 0 Å². The van der Waals surface area contributed by atoms with E-state index >= 15 is 0 Å². The van der Waals surface area contributed by atoms with Crippen molar-refractivity contribution >= 4 is 19.3 Å². The maximum atomic E-state index is 10.7. The van der Waals surface area contributed by atoms with Crippen molar-refractivity contribution in [1.29, 1.82) is 0 Å². The van der Waals surface area contributed by atoms with E-state index in [4.69, 9.17) is 4.10 Å². The Balaban J connectivity index is 3.15. The molecular formula is C7H9AsO2. The zero-order valence-corrected chi connectivity index (χ0v) is 7.76. The Morgan fingerprint density at radius 1 is 1.40 bits per heavy atom. The van der Waals surface area contributed by atoms with Crippen molar-refractivity contribution in [2.75, 3.05) is 0 Å². The Labute approximate surface area is 64.3 Å². The van der Waals surface area contributed by atoms with Crippen molar-refractivity contribution in [3.63, 3.8) is 0 Å². The molecule has 0 saturated heterocycles. The molecule has 1 rings (SSSR count). The van der Waals surface area contributed by atoms with Gasteiger partial charge in [0, 0.05) is 0 Å². The van der Waals surface area contributed by atoms with E-state index < -0.39 is 14.9 Å². The first-order chi connectivity index (χ1) is 4.72. The van der Waals surface area contributed by atoms with Crippen molar-refractivity contribution in [2.45, 2.75) is 6.92 Å². The molecule has 0 saturated carbocycles. The van der Waals surface area contributed by atoms with Gasteiger partial charge >= 0.3 is 63.9 Å². The van der Waals surface area contributed by atoms with E-state index in [1.54, 1.807) is 12.1 Å². The molecule has 54 valence electrons. The van der Waals surface area contributed by atoms with Gasteiger partial charge in [-0.15, -0.1) is 0 Å². The van der Waals surface area contributed by atoms with Crippen LogP contribution in [-0.4, -0.2) is 19.0 Å². The number of rotatable bonds is 1. The van der Waals surface area contributed by atoms with Crippen molar-refractivity contribution in [1.82, 2.24) is 0 Å². The molecule has 2 nitrogen and oxygen atoms in total. The molecular weight excluding hydrogens is 191 g/mol. The standard InChI is InChI=1S/C7H9AsO2/c1-6-4-2-3-5-7(6)8(9)10/h2-5,8H,1H3,(H,9,10). The van der Waals surface area contributed by atoms with E-state index in [-0.39, 0.29) is 0 Å². The number of benzene rings is 1. The van der Waals surface area contributed by atoms with Gasteiger partial charge in [-0.3, -0.25) is 0 Å². The summed E-state index contributed by atoms with van der Waals surface area (Å²) >= 11 is -3.06. The topological polar surface area (TPSA) is 37.3 Å². The van der Waals surface area contributed by atoms with Crippen LogP contribution >= 0.6 is 0 Å². The predicted octanol–water partition coefficient (Wildman–Crippen LogP) is -0.155. The summed E-state index contributed by atoms with van der Waals surface area (Å²) in [7, 11) is 0. The molecule has 0 bridgehead atoms. The molecule has 0 fully saturated rings.